The third-order valence-electron chi connectivity index (χ3n) is 2.42. The molecule has 5 nitrogen and oxygen atoms in total. The molecular formula is C12H19N3O2. The summed E-state index contributed by atoms with van der Waals surface area (Å²) in [6.45, 7) is 9.53. The van der Waals surface area contributed by atoms with Crippen LogP contribution < -0.4 is 0 Å². The number of aliphatic carboxylic acids is 1. The van der Waals surface area contributed by atoms with Crippen LogP contribution in [0.5, 0.6) is 0 Å². The molecule has 0 aliphatic rings. The Labute approximate surface area is 101 Å². The van der Waals surface area contributed by atoms with Crippen LogP contribution in [0.15, 0.2) is 18.7 Å². The van der Waals surface area contributed by atoms with Crippen LogP contribution in [0, 0.1) is 6.92 Å². The van der Waals surface area contributed by atoms with Crippen molar-refractivity contribution in [2.24, 2.45) is 0 Å². The van der Waals surface area contributed by atoms with E-state index in [-0.39, 0.29) is 6.54 Å². The fourth-order valence-electron chi connectivity index (χ4n) is 1.79. The first-order chi connectivity index (χ1) is 8.06. The second-order valence-corrected chi connectivity index (χ2v) is 3.94. The highest BCUT2D eigenvalue weighted by Gasteiger charge is 2.12. The van der Waals surface area contributed by atoms with Crippen LogP contribution in [-0.4, -0.2) is 38.8 Å². The van der Waals surface area contributed by atoms with E-state index in [1.165, 1.54) is 0 Å². The number of carboxylic acid groups (broad SMARTS) is 1. The topological polar surface area (TPSA) is 58.4 Å². The summed E-state index contributed by atoms with van der Waals surface area (Å²) in [5.74, 6) is -0.828. The number of nitrogens with zero attached hydrogens (tertiary/aromatic N) is 3. The fourth-order valence-corrected chi connectivity index (χ4v) is 1.79. The van der Waals surface area contributed by atoms with Crippen molar-refractivity contribution in [3.8, 4) is 0 Å². The number of hydrogen-bond acceptors (Lipinski definition) is 3. The van der Waals surface area contributed by atoms with Crippen LogP contribution in [-0.2, 0) is 17.9 Å². The van der Waals surface area contributed by atoms with E-state index in [1.54, 1.807) is 6.08 Å². The second kappa shape index (κ2) is 6.20. The summed E-state index contributed by atoms with van der Waals surface area (Å²) < 4.78 is 1.90. The Hall–Kier alpha value is -1.62. The number of aromatic nitrogens is 2. The lowest BCUT2D eigenvalue weighted by molar-refractivity contribution is -0.138. The van der Waals surface area contributed by atoms with Gasteiger partial charge in [-0.25, -0.2) is 0 Å². The lowest BCUT2D eigenvalue weighted by atomic mass is 10.3. The van der Waals surface area contributed by atoms with Gasteiger partial charge >= 0.3 is 5.97 Å². The summed E-state index contributed by atoms with van der Waals surface area (Å²) in [5, 5.41) is 13.2. The molecule has 0 saturated heterocycles. The van der Waals surface area contributed by atoms with E-state index in [1.807, 2.05) is 29.5 Å². The molecule has 17 heavy (non-hydrogen) atoms. The Morgan fingerprint density at radius 3 is 2.94 bits per heavy atom. The Bertz CT molecular complexity index is 398. The van der Waals surface area contributed by atoms with Crippen molar-refractivity contribution in [2.75, 3.05) is 13.1 Å². The average Bonchev–Trinajstić information content (AvgIpc) is 2.58. The molecule has 0 atom stereocenters. The largest absolute Gasteiger partial charge is 0.480 e. The maximum atomic E-state index is 10.7. The summed E-state index contributed by atoms with van der Waals surface area (Å²) >= 11 is 0. The normalized spacial score (nSPS) is 10.8. The van der Waals surface area contributed by atoms with Crippen molar-refractivity contribution in [1.82, 2.24) is 14.7 Å². The molecule has 0 bridgehead atoms. The van der Waals surface area contributed by atoms with Crippen LogP contribution >= 0.6 is 0 Å². The Balaban J connectivity index is 2.76. The van der Waals surface area contributed by atoms with Crippen molar-refractivity contribution >= 4 is 5.97 Å². The molecule has 5 heteroatoms. The molecule has 0 radical (unpaired) electrons. The number of carbonyl (C=O) groups is 1. The molecule has 1 aromatic heterocycles. The van der Waals surface area contributed by atoms with E-state index in [9.17, 15) is 4.79 Å². The predicted octanol–water partition coefficient (Wildman–Crippen LogP) is 1.28. The zero-order chi connectivity index (χ0) is 12.8. The third-order valence-corrected chi connectivity index (χ3v) is 2.42. The van der Waals surface area contributed by atoms with Gasteiger partial charge in [-0.3, -0.25) is 14.4 Å². The van der Waals surface area contributed by atoms with Gasteiger partial charge in [0.15, 0.2) is 0 Å². The number of carboxylic acids is 1. The van der Waals surface area contributed by atoms with Crippen LogP contribution in [0.2, 0.25) is 0 Å². The van der Waals surface area contributed by atoms with Crippen LogP contribution in [0.4, 0.5) is 0 Å². The highest BCUT2D eigenvalue weighted by Crippen LogP contribution is 2.07. The summed E-state index contributed by atoms with van der Waals surface area (Å²) in [6.07, 6.45) is 1.71. The first kappa shape index (κ1) is 13.4. The van der Waals surface area contributed by atoms with Crippen molar-refractivity contribution in [3.63, 3.8) is 0 Å². The van der Waals surface area contributed by atoms with Crippen molar-refractivity contribution in [1.29, 1.82) is 0 Å². The van der Waals surface area contributed by atoms with Gasteiger partial charge in [-0.05, 0) is 19.9 Å². The first-order valence-electron chi connectivity index (χ1n) is 5.65. The molecule has 1 heterocycles. The maximum absolute atomic E-state index is 10.7. The van der Waals surface area contributed by atoms with Crippen LogP contribution in [0.3, 0.4) is 0 Å². The molecule has 0 aliphatic heterocycles. The van der Waals surface area contributed by atoms with Crippen molar-refractivity contribution in [3.05, 3.63) is 30.1 Å². The quantitative estimate of drug-likeness (QED) is 0.726. The van der Waals surface area contributed by atoms with E-state index in [2.05, 4.69) is 11.7 Å². The van der Waals surface area contributed by atoms with E-state index < -0.39 is 5.97 Å². The Kier molecular flexibility index (Phi) is 4.90. The Morgan fingerprint density at radius 1 is 1.71 bits per heavy atom. The van der Waals surface area contributed by atoms with Gasteiger partial charge in [-0.15, -0.1) is 6.58 Å². The van der Waals surface area contributed by atoms with Crippen LogP contribution in [0.1, 0.15) is 18.3 Å². The van der Waals surface area contributed by atoms with E-state index in [0.717, 1.165) is 17.9 Å². The molecule has 0 saturated carbocycles. The molecule has 1 N–H and O–H groups in total. The molecule has 0 fully saturated rings. The maximum Gasteiger partial charge on any atom is 0.317 e. The monoisotopic (exact) mass is 237 g/mol. The lowest BCUT2D eigenvalue weighted by Gasteiger charge is -2.18. The minimum atomic E-state index is -0.828. The predicted molar refractivity (Wildman–Crippen MR) is 65.7 cm³/mol. The minimum Gasteiger partial charge on any atom is -0.480 e. The molecule has 0 unspecified atom stereocenters. The zero-order valence-electron chi connectivity index (χ0n) is 10.4. The molecule has 1 rings (SSSR count). The van der Waals surface area contributed by atoms with Crippen LogP contribution in [0.25, 0.3) is 0 Å². The van der Waals surface area contributed by atoms with Crippen molar-refractivity contribution in [2.45, 2.75) is 26.9 Å². The van der Waals surface area contributed by atoms with Crippen molar-refractivity contribution < 1.29 is 9.90 Å². The molecular weight excluding hydrogens is 218 g/mol. The number of hydrogen-bond donors (Lipinski definition) is 1. The Morgan fingerprint density at radius 2 is 2.41 bits per heavy atom. The fraction of sp³-hybridized carbons (Fsp3) is 0.500. The van der Waals surface area contributed by atoms with Gasteiger partial charge in [0, 0.05) is 19.6 Å². The standard InChI is InChI=1S/C12H19N3O2/c1-4-6-14(9-12(16)17)8-11-7-10(3)13-15(11)5-2/h4,7H,1,5-6,8-9H2,2-3H3,(H,16,17). The smallest absolute Gasteiger partial charge is 0.317 e. The van der Waals surface area contributed by atoms with E-state index in [4.69, 9.17) is 5.11 Å². The highest BCUT2D eigenvalue weighted by atomic mass is 16.4. The van der Waals surface area contributed by atoms with Gasteiger partial charge in [0.05, 0.1) is 17.9 Å². The van der Waals surface area contributed by atoms with Gasteiger partial charge in [0.1, 0.15) is 0 Å². The van der Waals surface area contributed by atoms with E-state index >= 15 is 0 Å². The SMILES string of the molecule is C=CCN(CC(=O)O)Cc1cc(C)nn1CC. The molecule has 94 valence electrons. The molecule has 0 aromatic carbocycles. The summed E-state index contributed by atoms with van der Waals surface area (Å²) in [6, 6.07) is 1.99. The summed E-state index contributed by atoms with van der Waals surface area (Å²) in [7, 11) is 0. The minimum absolute atomic E-state index is 0.0139. The third kappa shape index (κ3) is 4.03. The molecule has 0 spiro atoms. The van der Waals surface area contributed by atoms with Gasteiger partial charge in [-0.1, -0.05) is 6.08 Å². The van der Waals surface area contributed by atoms with Gasteiger partial charge < -0.3 is 5.11 Å². The first-order valence-corrected chi connectivity index (χ1v) is 5.65. The van der Waals surface area contributed by atoms with Gasteiger partial charge in [0.2, 0.25) is 0 Å². The number of rotatable bonds is 7. The molecule has 1 aromatic rings. The average molecular weight is 237 g/mol. The summed E-state index contributed by atoms with van der Waals surface area (Å²) in [5.41, 5.74) is 1.99. The van der Waals surface area contributed by atoms with Gasteiger partial charge in [0.25, 0.3) is 0 Å². The zero-order valence-corrected chi connectivity index (χ0v) is 10.4. The number of aryl methyl sites for hydroxylation is 2. The second-order valence-electron chi connectivity index (χ2n) is 3.94. The lowest BCUT2D eigenvalue weighted by Crippen LogP contribution is -2.30. The molecule has 0 amide bonds. The van der Waals surface area contributed by atoms with E-state index in [0.29, 0.717) is 13.1 Å². The van der Waals surface area contributed by atoms with Gasteiger partial charge in [-0.2, -0.15) is 5.10 Å². The molecule has 0 aliphatic carbocycles. The summed E-state index contributed by atoms with van der Waals surface area (Å²) in [4.78, 5) is 12.6. The highest BCUT2D eigenvalue weighted by molar-refractivity contribution is 5.69.